The highest BCUT2D eigenvalue weighted by Crippen LogP contribution is 2.29. The van der Waals surface area contributed by atoms with E-state index in [1.54, 1.807) is 36.4 Å². The Balaban J connectivity index is 1.47. The van der Waals surface area contributed by atoms with Gasteiger partial charge >= 0.3 is 0 Å². The predicted octanol–water partition coefficient (Wildman–Crippen LogP) is 2.25. The van der Waals surface area contributed by atoms with Crippen molar-refractivity contribution >= 4 is 29.1 Å². The van der Waals surface area contributed by atoms with Gasteiger partial charge in [-0.15, -0.1) is 0 Å². The highest BCUT2D eigenvalue weighted by molar-refractivity contribution is 6.10. The minimum Gasteiger partial charge on any atom is -0.356 e. The first-order valence-electron chi connectivity index (χ1n) is 8.73. The molecule has 0 unspecified atom stereocenters. The van der Waals surface area contributed by atoms with E-state index < -0.39 is 0 Å². The molecule has 0 atom stereocenters. The maximum absolute atomic E-state index is 13.1. The number of nitrogens with zero attached hydrogens (tertiary/aromatic N) is 1. The van der Waals surface area contributed by atoms with E-state index in [-0.39, 0.29) is 42.9 Å². The molecule has 0 radical (unpaired) electrons. The number of halogens is 1. The zero-order valence-corrected chi connectivity index (χ0v) is 14.7. The second kappa shape index (κ2) is 8.44. The maximum atomic E-state index is 13.1. The highest BCUT2D eigenvalue weighted by atomic mass is 19.1. The van der Waals surface area contributed by atoms with Crippen LogP contribution >= 0.6 is 0 Å². The van der Waals surface area contributed by atoms with Crippen LogP contribution in [0.5, 0.6) is 0 Å². The van der Waals surface area contributed by atoms with E-state index in [0.717, 1.165) is 5.56 Å². The van der Waals surface area contributed by atoms with Gasteiger partial charge in [0.2, 0.25) is 17.7 Å². The summed E-state index contributed by atoms with van der Waals surface area (Å²) in [6, 6.07) is 13.3. The summed E-state index contributed by atoms with van der Waals surface area (Å²) >= 11 is 0. The Labute approximate surface area is 156 Å². The van der Waals surface area contributed by atoms with Gasteiger partial charge in [-0.1, -0.05) is 24.3 Å². The average molecular weight is 369 g/mol. The lowest BCUT2D eigenvalue weighted by atomic mass is 10.1. The second-order valence-electron chi connectivity index (χ2n) is 6.28. The molecule has 1 heterocycles. The summed E-state index contributed by atoms with van der Waals surface area (Å²) in [7, 11) is 0. The molecule has 1 aliphatic heterocycles. The number of amides is 3. The van der Waals surface area contributed by atoms with Crippen molar-refractivity contribution in [3.05, 3.63) is 59.9 Å². The predicted molar refractivity (Wildman–Crippen MR) is 99.8 cm³/mol. The smallest absolute Gasteiger partial charge is 0.244 e. The molecule has 0 aromatic heterocycles. The van der Waals surface area contributed by atoms with Gasteiger partial charge in [-0.2, -0.15) is 0 Å². The minimum atomic E-state index is -0.310. The van der Waals surface area contributed by atoms with Gasteiger partial charge in [-0.3, -0.25) is 14.4 Å². The standard InChI is InChI=1S/C20H20FN3O3/c21-15-5-3-4-14(12-15)10-11-22-18(25)8-9-20(27)24-13-19(26)23-16-6-1-2-7-17(16)24/h1-7,12H,8-11,13H2,(H,22,25)(H,23,26). The van der Waals surface area contributed by atoms with E-state index in [0.29, 0.717) is 24.3 Å². The second-order valence-corrected chi connectivity index (χ2v) is 6.28. The Bertz CT molecular complexity index is 869. The Hall–Kier alpha value is -3.22. The molecular weight excluding hydrogens is 349 g/mol. The summed E-state index contributed by atoms with van der Waals surface area (Å²) < 4.78 is 13.1. The molecule has 1 aliphatic rings. The molecule has 3 amide bonds. The number of carbonyl (C=O) groups is 3. The van der Waals surface area contributed by atoms with Gasteiger partial charge < -0.3 is 15.5 Å². The number of hydrogen-bond donors (Lipinski definition) is 2. The first-order chi connectivity index (χ1) is 13.0. The molecule has 0 aliphatic carbocycles. The number of carbonyl (C=O) groups excluding carboxylic acids is 3. The van der Waals surface area contributed by atoms with Crippen LogP contribution in [0.15, 0.2) is 48.5 Å². The molecule has 3 rings (SSSR count). The van der Waals surface area contributed by atoms with Gasteiger partial charge in [0.1, 0.15) is 12.4 Å². The fourth-order valence-electron chi connectivity index (χ4n) is 2.94. The van der Waals surface area contributed by atoms with Gasteiger partial charge in [-0.05, 0) is 36.2 Å². The SMILES string of the molecule is O=C(CCC(=O)N1CC(=O)Nc2ccccc21)NCCc1cccc(F)c1. The van der Waals surface area contributed by atoms with Crippen molar-refractivity contribution in [2.75, 3.05) is 23.3 Å². The fourth-order valence-corrected chi connectivity index (χ4v) is 2.94. The van der Waals surface area contributed by atoms with Crippen LogP contribution in [-0.4, -0.2) is 30.8 Å². The summed E-state index contributed by atoms with van der Waals surface area (Å²) in [6.45, 7) is 0.308. The van der Waals surface area contributed by atoms with Crippen LogP contribution in [-0.2, 0) is 20.8 Å². The summed E-state index contributed by atoms with van der Waals surface area (Å²) in [4.78, 5) is 37.6. The molecule has 27 heavy (non-hydrogen) atoms. The van der Waals surface area contributed by atoms with Gasteiger partial charge in [0.05, 0.1) is 11.4 Å². The van der Waals surface area contributed by atoms with Gasteiger partial charge in [0, 0.05) is 19.4 Å². The van der Waals surface area contributed by atoms with Crippen LogP contribution in [0, 0.1) is 5.82 Å². The van der Waals surface area contributed by atoms with Crippen LogP contribution in [0.2, 0.25) is 0 Å². The van der Waals surface area contributed by atoms with E-state index in [9.17, 15) is 18.8 Å². The van der Waals surface area contributed by atoms with Crippen LogP contribution in [0.1, 0.15) is 18.4 Å². The molecule has 0 bridgehead atoms. The molecule has 2 aromatic rings. The largest absolute Gasteiger partial charge is 0.356 e. The van der Waals surface area contributed by atoms with Gasteiger partial charge in [0.25, 0.3) is 0 Å². The Kier molecular flexibility index (Phi) is 5.80. The van der Waals surface area contributed by atoms with E-state index in [1.807, 2.05) is 0 Å². The zero-order chi connectivity index (χ0) is 19.2. The van der Waals surface area contributed by atoms with Crippen molar-refractivity contribution in [1.29, 1.82) is 0 Å². The van der Waals surface area contributed by atoms with E-state index in [1.165, 1.54) is 17.0 Å². The number of nitrogens with one attached hydrogen (secondary N) is 2. The summed E-state index contributed by atoms with van der Waals surface area (Å²) in [5.41, 5.74) is 2.01. The maximum Gasteiger partial charge on any atom is 0.244 e. The molecule has 6 nitrogen and oxygen atoms in total. The Morgan fingerprint density at radius 2 is 1.93 bits per heavy atom. The number of fused-ring (bicyclic) bond motifs is 1. The van der Waals surface area contributed by atoms with Crippen molar-refractivity contribution < 1.29 is 18.8 Å². The number of hydrogen-bond acceptors (Lipinski definition) is 3. The number of benzene rings is 2. The normalized spacial score (nSPS) is 12.9. The van der Waals surface area contributed by atoms with E-state index in [4.69, 9.17) is 0 Å². The van der Waals surface area contributed by atoms with Crippen molar-refractivity contribution in [3.63, 3.8) is 0 Å². The molecular formula is C20H20FN3O3. The van der Waals surface area contributed by atoms with E-state index >= 15 is 0 Å². The number of para-hydroxylation sites is 2. The Morgan fingerprint density at radius 1 is 1.11 bits per heavy atom. The lowest BCUT2D eigenvalue weighted by molar-refractivity contribution is -0.125. The molecule has 7 heteroatoms. The Morgan fingerprint density at radius 3 is 2.74 bits per heavy atom. The monoisotopic (exact) mass is 369 g/mol. The van der Waals surface area contributed by atoms with Crippen molar-refractivity contribution in [1.82, 2.24) is 5.32 Å². The molecule has 0 saturated heterocycles. The van der Waals surface area contributed by atoms with Crippen molar-refractivity contribution in [3.8, 4) is 0 Å². The van der Waals surface area contributed by atoms with Crippen LogP contribution in [0.4, 0.5) is 15.8 Å². The highest BCUT2D eigenvalue weighted by Gasteiger charge is 2.26. The third kappa shape index (κ3) is 4.91. The van der Waals surface area contributed by atoms with Crippen molar-refractivity contribution in [2.45, 2.75) is 19.3 Å². The third-order valence-electron chi connectivity index (χ3n) is 4.26. The molecule has 2 N–H and O–H groups in total. The minimum absolute atomic E-state index is 0.00735. The molecule has 0 spiro atoms. The quantitative estimate of drug-likeness (QED) is 0.820. The molecule has 0 fully saturated rings. The first-order valence-corrected chi connectivity index (χ1v) is 8.73. The molecule has 2 aromatic carbocycles. The van der Waals surface area contributed by atoms with Crippen LogP contribution in [0.25, 0.3) is 0 Å². The molecule has 140 valence electrons. The first kappa shape index (κ1) is 18.6. The summed E-state index contributed by atoms with van der Waals surface area (Å²) in [5.74, 6) is -1.11. The zero-order valence-electron chi connectivity index (χ0n) is 14.7. The average Bonchev–Trinajstić information content (AvgIpc) is 2.65. The van der Waals surface area contributed by atoms with Crippen LogP contribution in [0.3, 0.4) is 0 Å². The lowest BCUT2D eigenvalue weighted by Gasteiger charge is -2.29. The number of rotatable bonds is 6. The van der Waals surface area contributed by atoms with Crippen LogP contribution < -0.4 is 15.5 Å². The molecule has 0 saturated carbocycles. The van der Waals surface area contributed by atoms with Gasteiger partial charge in [-0.25, -0.2) is 4.39 Å². The van der Waals surface area contributed by atoms with E-state index in [2.05, 4.69) is 10.6 Å². The lowest BCUT2D eigenvalue weighted by Crippen LogP contribution is -2.42. The topological polar surface area (TPSA) is 78.5 Å². The summed E-state index contributed by atoms with van der Waals surface area (Å²) in [5, 5.41) is 5.44. The van der Waals surface area contributed by atoms with Crippen molar-refractivity contribution in [2.24, 2.45) is 0 Å². The fraction of sp³-hybridized carbons (Fsp3) is 0.250. The summed E-state index contributed by atoms with van der Waals surface area (Å²) in [6.07, 6.45) is 0.548. The van der Waals surface area contributed by atoms with Gasteiger partial charge in [0.15, 0.2) is 0 Å². The third-order valence-corrected chi connectivity index (χ3v) is 4.26. The number of anilines is 2.